The van der Waals surface area contributed by atoms with Crippen molar-refractivity contribution in [3.8, 4) is 0 Å². The van der Waals surface area contributed by atoms with Crippen molar-refractivity contribution in [3.05, 3.63) is 66.9 Å². The van der Waals surface area contributed by atoms with Gasteiger partial charge in [-0.2, -0.15) is 0 Å². The molecular formula is C17H13Cl2N5O4. The summed E-state index contributed by atoms with van der Waals surface area (Å²) in [6, 6.07) is 5.90. The number of rotatable bonds is 4. The summed E-state index contributed by atoms with van der Waals surface area (Å²) >= 11 is 11.7. The number of fused-ring (bicyclic) bond motifs is 1. The number of carbonyl (C=O) groups excluding carboxylic acids is 2. The Bertz CT molecular complexity index is 1200. The van der Waals surface area contributed by atoms with Gasteiger partial charge < -0.3 is 10.2 Å². The summed E-state index contributed by atoms with van der Waals surface area (Å²) in [5.41, 5.74) is -0.774. The van der Waals surface area contributed by atoms with E-state index in [-0.39, 0.29) is 28.2 Å². The second-order valence-corrected chi connectivity index (χ2v) is 6.68. The number of carbonyl (C=O) groups is 2. The summed E-state index contributed by atoms with van der Waals surface area (Å²) in [5.74, 6) is -0.977. The number of halogens is 2. The highest BCUT2D eigenvalue weighted by Gasteiger charge is 2.17. The number of nitrogens with one attached hydrogen (secondary N) is 3. The molecule has 3 N–H and O–H groups in total. The molecule has 1 aromatic carbocycles. The Morgan fingerprint density at radius 1 is 1.14 bits per heavy atom. The number of amides is 2. The Morgan fingerprint density at radius 3 is 2.61 bits per heavy atom. The van der Waals surface area contributed by atoms with E-state index in [1.54, 1.807) is 6.07 Å². The minimum atomic E-state index is -0.694. The van der Waals surface area contributed by atoms with Gasteiger partial charge in [0.15, 0.2) is 0 Å². The first-order chi connectivity index (χ1) is 13.2. The molecule has 0 bridgehead atoms. The van der Waals surface area contributed by atoms with Crippen LogP contribution in [0.15, 0.2) is 40.1 Å². The van der Waals surface area contributed by atoms with E-state index >= 15 is 0 Å². The minimum Gasteiger partial charge on any atom is -0.332 e. The zero-order valence-electron chi connectivity index (χ0n) is 14.4. The molecule has 0 saturated heterocycles. The van der Waals surface area contributed by atoms with Gasteiger partial charge in [-0.1, -0.05) is 23.2 Å². The summed E-state index contributed by atoms with van der Waals surface area (Å²) < 4.78 is 0. The molecule has 0 unspecified atom stereocenters. The summed E-state index contributed by atoms with van der Waals surface area (Å²) in [4.78, 5) is 57.3. The number of nitrogens with zero attached hydrogens (tertiary/aromatic N) is 2. The van der Waals surface area contributed by atoms with Crippen molar-refractivity contribution in [2.45, 2.75) is 0 Å². The normalized spacial score (nSPS) is 10.7. The molecule has 0 atom stereocenters. The molecule has 9 nitrogen and oxygen atoms in total. The molecule has 3 aromatic rings. The lowest BCUT2D eigenvalue weighted by Crippen LogP contribution is -2.35. The van der Waals surface area contributed by atoms with Gasteiger partial charge in [0.25, 0.3) is 11.5 Å². The van der Waals surface area contributed by atoms with Crippen LogP contribution in [0.4, 0.5) is 5.69 Å². The van der Waals surface area contributed by atoms with Crippen LogP contribution in [-0.4, -0.2) is 45.3 Å². The number of aromatic amines is 2. The van der Waals surface area contributed by atoms with Crippen LogP contribution >= 0.6 is 23.2 Å². The predicted molar refractivity (Wildman–Crippen MR) is 105 cm³/mol. The van der Waals surface area contributed by atoms with E-state index in [1.807, 2.05) is 0 Å². The van der Waals surface area contributed by atoms with Crippen LogP contribution in [0.1, 0.15) is 10.4 Å². The van der Waals surface area contributed by atoms with Gasteiger partial charge in [-0.3, -0.25) is 24.4 Å². The summed E-state index contributed by atoms with van der Waals surface area (Å²) in [6.07, 6.45) is 1.22. The fraction of sp³-hybridized carbons (Fsp3) is 0.118. The Morgan fingerprint density at radius 2 is 1.89 bits per heavy atom. The van der Waals surface area contributed by atoms with Crippen molar-refractivity contribution in [2.24, 2.45) is 0 Å². The van der Waals surface area contributed by atoms with Gasteiger partial charge in [0.2, 0.25) is 5.91 Å². The Hall–Kier alpha value is -3.17. The van der Waals surface area contributed by atoms with Gasteiger partial charge in [0, 0.05) is 18.9 Å². The van der Waals surface area contributed by atoms with Crippen LogP contribution in [-0.2, 0) is 4.79 Å². The Kier molecular flexibility index (Phi) is 5.48. The van der Waals surface area contributed by atoms with Crippen LogP contribution in [0, 0.1) is 0 Å². The summed E-state index contributed by atoms with van der Waals surface area (Å²) in [7, 11) is 1.43. The monoisotopic (exact) mass is 421 g/mol. The maximum Gasteiger partial charge on any atom is 0.327 e. The number of hydrogen-bond donors (Lipinski definition) is 3. The van der Waals surface area contributed by atoms with E-state index < -0.39 is 23.1 Å². The molecule has 0 fully saturated rings. The van der Waals surface area contributed by atoms with E-state index in [0.29, 0.717) is 10.7 Å². The minimum absolute atomic E-state index is 0.0547. The molecule has 2 amide bonds. The highest BCUT2D eigenvalue weighted by Crippen LogP contribution is 2.24. The van der Waals surface area contributed by atoms with Gasteiger partial charge in [-0.25, -0.2) is 9.78 Å². The third kappa shape index (κ3) is 4.21. The fourth-order valence-electron chi connectivity index (χ4n) is 2.45. The first kappa shape index (κ1) is 19.6. The average molecular weight is 422 g/mol. The van der Waals surface area contributed by atoms with E-state index in [9.17, 15) is 19.2 Å². The van der Waals surface area contributed by atoms with Crippen molar-refractivity contribution in [1.82, 2.24) is 19.9 Å². The average Bonchev–Trinajstić information content (AvgIpc) is 2.63. The maximum absolute atomic E-state index is 12.5. The van der Waals surface area contributed by atoms with Gasteiger partial charge >= 0.3 is 5.69 Å². The van der Waals surface area contributed by atoms with Crippen LogP contribution in [0.5, 0.6) is 0 Å². The molecule has 144 valence electrons. The smallest absolute Gasteiger partial charge is 0.327 e. The zero-order chi connectivity index (χ0) is 20.4. The maximum atomic E-state index is 12.5. The van der Waals surface area contributed by atoms with Crippen LogP contribution in [0.3, 0.4) is 0 Å². The van der Waals surface area contributed by atoms with E-state index in [1.165, 1.54) is 31.4 Å². The molecule has 0 saturated carbocycles. The van der Waals surface area contributed by atoms with Crippen molar-refractivity contribution >= 4 is 51.7 Å². The van der Waals surface area contributed by atoms with E-state index in [4.69, 9.17) is 23.2 Å². The van der Waals surface area contributed by atoms with Gasteiger partial charge in [0.1, 0.15) is 5.65 Å². The SMILES string of the molecule is CN(CC(=O)Nc1ccc(Cl)c(Cl)c1)C(=O)c1cnc2[nH]c(=O)[nH]c(=O)c2c1. The molecular weight excluding hydrogens is 409 g/mol. The molecule has 2 heterocycles. The fourth-order valence-corrected chi connectivity index (χ4v) is 2.74. The number of H-pyrrole nitrogens is 2. The number of hydrogen-bond acceptors (Lipinski definition) is 5. The lowest BCUT2D eigenvalue weighted by molar-refractivity contribution is -0.116. The second kappa shape index (κ2) is 7.83. The van der Waals surface area contributed by atoms with Crippen molar-refractivity contribution in [3.63, 3.8) is 0 Å². The lowest BCUT2D eigenvalue weighted by atomic mass is 10.2. The first-order valence-corrected chi connectivity index (χ1v) is 8.63. The van der Waals surface area contributed by atoms with Crippen molar-refractivity contribution in [1.29, 1.82) is 0 Å². The number of aromatic nitrogens is 3. The molecule has 28 heavy (non-hydrogen) atoms. The first-order valence-electron chi connectivity index (χ1n) is 7.87. The molecule has 0 aliphatic carbocycles. The van der Waals surface area contributed by atoms with Gasteiger partial charge in [0.05, 0.1) is 27.5 Å². The number of benzene rings is 1. The molecule has 0 radical (unpaired) electrons. The molecule has 0 spiro atoms. The van der Waals surface area contributed by atoms with E-state index in [2.05, 4.69) is 20.3 Å². The zero-order valence-corrected chi connectivity index (χ0v) is 15.9. The summed E-state index contributed by atoms with van der Waals surface area (Å²) in [5, 5.41) is 3.30. The third-order valence-corrected chi connectivity index (χ3v) is 4.51. The standard InChI is InChI=1S/C17H13Cl2N5O4/c1-24(7-13(25)21-9-2-3-11(18)12(19)5-9)16(27)8-4-10-14(20-6-8)22-17(28)23-15(10)26/h2-6H,7H2,1H3,(H,21,25)(H2,20,22,23,26,28). The van der Waals surface area contributed by atoms with Crippen LogP contribution in [0.25, 0.3) is 11.0 Å². The van der Waals surface area contributed by atoms with Gasteiger partial charge in [-0.05, 0) is 24.3 Å². The number of anilines is 1. The van der Waals surface area contributed by atoms with Crippen LogP contribution in [0.2, 0.25) is 10.0 Å². The second-order valence-electron chi connectivity index (χ2n) is 5.87. The van der Waals surface area contributed by atoms with Gasteiger partial charge in [-0.15, -0.1) is 0 Å². The van der Waals surface area contributed by atoms with Crippen LogP contribution < -0.4 is 16.6 Å². The highest BCUT2D eigenvalue weighted by molar-refractivity contribution is 6.42. The summed E-state index contributed by atoms with van der Waals surface area (Å²) in [6.45, 7) is -0.251. The topological polar surface area (TPSA) is 128 Å². The Labute approximate surface area is 167 Å². The van der Waals surface area contributed by atoms with E-state index in [0.717, 1.165) is 4.90 Å². The largest absolute Gasteiger partial charge is 0.332 e. The quantitative estimate of drug-likeness (QED) is 0.589. The molecule has 11 heteroatoms. The van der Waals surface area contributed by atoms with Crippen molar-refractivity contribution < 1.29 is 9.59 Å². The molecule has 0 aliphatic rings. The molecule has 0 aliphatic heterocycles. The molecule has 3 rings (SSSR count). The van der Waals surface area contributed by atoms with Crippen molar-refractivity contribution in [2.75, 3.05) is 18.9 Å². The number of pyridine rings is 1. The lowest BCUT2D eigenvalue weighted by Gasteiger charge is -2.17. The number of likely N-dealkylation sites (N-methyl/N-ethyl adjacent to an activating group) is 1. The Balaban J connectivity index is 1.74. The highest BCUT2D eigenvalue weighted by atomic mass is 35.5. The third-order valence-electron chi connectivity index (χ3n) is 3.77. The predicted octanol–water partition coefficient (Wildman–Crippen LogP) is 1.63. The molecule has 2 aromatic heterocycles.